The van der Waals surface area contributed by atoms with Gasteiger partial charge in [0.2, 0.25) is 0 Å². The molecule has 28 heavy (non-hydrogen) atoms. The molecule has 2 aromatic carbocycles. The smallest absolute Gasteiger partial charge is 0.261 e. The van der Waals surface area contributed by atoms with Crippen molar-refractivity contribution in [2.75, 3.05) is 25.0 Å². The number of hydrogen-bond acceptors (Lipinski definition) is 5. The molecule has 8 heteroatoms. The van der Waals surface area contributed by atoms with Gasteiger partial charge in [-0.15, -0.1) is 0 Å². The highest BCUT2D eigenvalue weighted by atomic mass is 32.2. The van der Waals surface area contributed by atoms with Gasteiger partial charge in [-0.3, -0.25) is 9.52 Å². The summed E-state index contributed by atoms with van der Waals surface area (Å²) in [7, 11) is -2.16. The molecule has 0 spiro atoms. The number of benzene rings is 2. The zero-order chi connectivity index (χ0) is 20.7. The molecule has 0 aliphatic heterocycles. The van der Waals surface area contributed by atoms with Crippen LogP contribution in [0.15, 0.2) is 47.4 Å². The molecular weight excluding hydrogens is 380 g/mol. The highest BCUT2D eigenvalue weighted by Gasteiger charge is 2.15. The van der Waals surface area contributed by atoms with E-state index in [1.165, 1.54) is 24.3 Å². The average Bonchev–Trinajstić information content (AvgIpc) is 2.59. The lowest BCUT2D eigenvalue weighted by Crippen LogP contribution is -2.38. The predicted molar refractivity (Wildman–Crippen MR) is 108 cm³/mol. The van der Waals surface area contributed by atoms with Gasteiger partial charge in [-0.1, -0.05) is 6.07 Å². The van der Waals surface area contributed by atoms with Crippen LogP contribution in [0.25, 0.3) is 0 Å². The van der Waals surface area contributed by atoms with E-state index in [-0.39, 0.29) is 23.5 Å². The van der Waals surface area contributed by atoms with Crippen molar-refractivity contribution in [3.8, 4) is 5.75 Å². The normalized spacial score (nSPS) is 12.3. The number of rotatable bonds is 9. The van der Waals surface area contributed by atoms with E-state index >= 15 is 0 Å². The van der Waals surface area contributed by atoms with Crippen LogP contribution in [0.5, 0.6) is 5.75 Å². The van der Waals surface area contributed by atoms with Crippen molar-refractivity contribution in [1.82, 2.24) is 5.32 Å². The zero-order valence-electron chi connectivity index (χ0n) is 16.5. The van der Waals surface area contributed by atoms with E-state index in [0.717, 1.165) is 11.1 Å². The van der Waals surface area contributed by atoms with Crippen LogP contribution >= 0.6 is 0 Å². The van der Waals surface area contributed by atoms with Crippen LogP contribution < -0.4 is 14.8 Å². The first-order valence-electron chi connectivity index (χ1n) is 8.82. The Hall–Kier alpha value is -2.58. The van der Waals surface area contributed by atoms with Crippen LogP contribution in [0, 0.1) is 13.8 Å². The Morgan fingerprint density at radius 1 is 1.07 bits per heavy atom. The van der Waals surface area contributed by atoms with Crippen molar-refractivity contribution < 1.29 is 22.7 Å². The summed E-state index contributed by atoms with van der Waals surface area (Å²) >= 11 is 0. The Morgan fingerprint density at radius 2 is 1.68 bits per heavy atom. The van der Waals surface area contributed by atoms with Crippen LogP contribution in [0.3, 0.4) is 0 Å². The molecule has 0 fully saturated rings. The quantitative estimate of drug-likeness (QED) is 0.668. The van der Waals surface area contributed by atoms with Gasteiger partial charge in [0.05, 0.1) is 11.5 Å². The Balaban J connectivity index is 1.98. The second kappa shape index (κ2) is 9.57. The van der Waals surface area contributed by atoms with Gasteiger partial charge in [-0.05, 0) is 68.3 Å². The number of hydrogen-bond donors (Lipinski definition) is 2. The number of ether oxygens (including phenoxy) is 2. The number of carbonyl (C=O) groups excluding carboxylic acids is 1. The molecule has 0 radical (unpaired) electrons. The predicted octanol–water partition coefficient (Wildman–Crippen LogP) is 2.63. The van der Waals surface area contributed by atoms with E-state index in [1.54, 1.807) is 19.2 Å². The van der Waals surface area contributed by atoms with Crippen LogP contribution in [-0.4, -0.2) is 40.7 Å². The van der Waals surface area contributed by atoms with Gasteiger partial charge in [0.15, 0.2) is 6.61 Å². The van der Waals surface area contributed by atoms with E-state index in [1.807, 2.05) is 26.8 Å². The molecule has 1 atom stereocenters. The molecule has 0 aliphatic carbocycles. The van der Waals surface area contributed by atoms with Gasteiger partial charge in [-0.25, -0.2) is 8.42 Å². The van der Waals surface area contributed by atoms with Crippen molar-refractivity contribution in [2.45, 2.75) is 31.7 Å². The summed E-state index contributed by atoms with van der Waals surface area (Å²) in [4.78, 5) is 11.9. The van der Waals surface area contributed by atoms with E-state index < -0.39 is 10.0 Å². The number of nitrogens with one attached hydrogen (secondary N) is 2. The zero-order valence-corrected chi connectivity index (χ0v) is 17.3. The van der Waals surface area contributed by atoms with Crippen molar-refractivity contribution >= 4 is 21.6 Å². The third-order valence-corrected chi connectivity index (χ3v) is 5.20. The molecule has 0 saturated heterocycles. The SMILES string of the molecule is COC[C@@H](C)NC(=O)COc1ccc(S(=O)(=O)Nc2cc(C)cc(C)c2)cc1. The van der Waals surface area contributed by atoms with Crippen molar-refractivity contribution in [1.29, 1.82) is 0 Å². The van der Waals surface area contributed by atoms with Gasteiger partial charge in [0, 0.05) is 18.8 Å². The Bertz CT molecular complexity index is 890. The summed E-state index contributed by atoms with van der Waals surface area (Å²) in [6.07, 6.45) is 0. The van der Waals surface area contributed by atoms with Gasteiger partial charge in [0.1, 0.15) is 5.75 Å². The Morgan fingerprint density at radius 3 is 2.25 bits per heavy atom. The Kier molecular flexibility index (Phi) is 7.42. The molecule has 152 valence electrons. The number of anilines is 1. The second-order valence-electron chi connectivity index (χ2n) is 6.67. The maximum absolute atomic E-state index is 12.6. The molecule has 0 aromatic heterocycles. The summed E-state index contributed by atoms with van der Waals surface area (Å²) in [6, 6.07) is 11.3. The summed E-state index contributed by atoms with van der Waals surface area (Å²) in [6.45, 7) is 5.88. The number of sulfonamides is 1. The fourth-order valence-electron chi connectivity index (χ4n) is 2.72. The van der Waals surface area contributed by atoms with Crippen LogP contribution in [-0.2, 0) is 19.6 Å². The third kappa shape index (κ3) is 6.54. The lowest BCUT2D eigenvalue weighted by Gasteiger charge is -2.13. The highest BCUT2D eigenvalue weighted by Crippen LogP contribution is 2.21. The minimum atomic E-state index is -3.72. The number of amides is 1. The van der Waals surface area contributed by atoms with Crippen molar-refractivity contribution in [2.24, 2.45) is 0 Å². The van der Waals surface area contributed by atoms with Gasteiger partial charge >= 0.3 is 0 Å². The molecule has 1 amide bonds. The minimum absolute atomic E-state index is 0.108. The largest absolute Gasteiger partial charge is 0.484 e. The standard InChI is InChI=1S/C20H26N2O5S/c1-14-9-15(2)11-17(10-14)22-28(24,25)19-7-5-18(6-8-19)27-13-20(23)21-16(3)12-26-4/h5-11,16,22H,12-13H2,1-4H3,(H,21,23)/t16-/m1/s1. The van der Waals surface area contributed by atoms with E-state index in [0.29, 0.717) is 18.0 Å². The fraction of sp³-hybridized carbons (Fsp3) is 0.350. The second-order valence-corrected chi connectivity index (χ2v) is 8.35. The van der Waals surface area contributed by atoms with Crippen LogP contribution in [0.4, 0.5) is 5.69 Å². The number of carbonyl (C=O) groups is 1. The van der Waals surface area contributed by atoms with E-state index in [9.17, 15) is 13.2 Å². The number of aryl methyl sites for hydroxylation is 2. The van der Waals surface area contributed by atoms with Gasteiger partial charge in [-0.2, -0.15) is 0 Å². The molecular formula is C20H26N2O5S. The lowest BCUT2D eigenvalue weighted by atomic mass is 10.1. The molecule has 0 unspecified atom stereocenters. The van der Waals surface area contributed by atoms with Crippen LogP contribution in [0.1, 0.15) is 18.1 Å². The van der Waals surface area contributed by atoms with E-state index in [4.69, 9.17) is 9.47 Å². The molecule has 2 aromatic rings. The topological polar surface area (TPSA) is 93.7 Å². The average molecular weight is 407 g/mol. The molecule has 7 nitrogen and oxygen atoms in total. The maximum atomic E-state index is 12.6. The molecule has 0 bridgehead atoms. The summed E-state index contributed by atoms with van der Waals surface area (Å²) in [5, 5.41) is 2.73. The molecule has 0 heterocycles. The molecule has 2 N–H and O–H groups in total. The van der Waals surface area contributed by atoms with E-state index in [2.05, 4.69) is 10.0 Å². The highest BCUT2D eigenvalue weighted by molar-refractivity contribution is 7.92. The molecule has 0 aliphatic rings. The first-order valence-corrected chi connectivity index (χ1v) is 10.3. The maximum Gasteiger partial charge on any atom is 0.261 e. The molecule has 0 saturated carbocycles. The first kappa shape index (κ1) is 21.7. The van der Waals surface area contributed by atoms with Crippen LogP contribution in [0.2, 0.25) is 0 Å². The Labute approximate surface area is 166 Å². The monoisotopic (exact) mass is 406 g/mol. The summed E-state index contributed by atoms with van der Waals surface area (Å²) < 4.78 is 38.0. The van der Waals surface area contributed by atoms with Gasteiger partial charge in [0.25, 0.3) is 15.9 Å². The van der Waals surface area contributed by atoms with Crippen molar-refractivity contribution in [3.63, 3.8) is 0 Å². The lowest BCUT2D eigenvalue weighted by molar-refractivity contribution is -0.124. The summed E-state index contributed by atoms with van der Waals surface area (Å²) in [5.41, 5.74) is 2.46. The third-order valence-electron chi connectivity index (χ3n) is 3.80. The number of methoxy groups -OCH3 is 1. The van der Waals surface area contributed by atoms with Gasteiger partial charge < -0.3 is 14.8 Å². The summed E-state index contributed by atoms with van der Waals surface area (Å²) in [5.74, 6) is 0.123. The van der Waals surface area contributed by atoms with Crippen molar-refractivity contribution in [3.05, 3.63) is 53.6 Å². The minimum Gasteiger partial charge on any atom is -0.484 e. The fourth-order valence-corrected chi connectivity index (χ4v) is 3.76. The first-order chi connectivity index (χ1) is 13.2. The molecule has 2 rings (SSSR count).